The van der Waals surface area contributed by atoms with Crippen LogP contribution in [0.4, 0.5) is 5.69 Å². The van der Waals surface area contributed by atoms with E-state index >= 15 is 0 Å². The summed E-state index contributed by atoms with van der Waals surface area (Å²) >= 11 is 5.96. The van der Waals surface area contributed by atoms with Crippen LogP contribution in [0.25, 0.3) is 0 Å². The summed E-state index contributed by atoms with van der Waals surface area (Å²) in [5.41, 5.74) is 0.464. The normalized spacial score (nSPS) is 9.37. The van der Waals surface area contributed by atoms with Crippen molar-refractivity contribution in [3.8, 4) is 18.1 Å². The molecule has 0 aliphatic carbocycles. The third-order valence-corrected chi connectivity index (χ3v) is 2.41. The number of anilines is 1. The molecule has 0 aliphatic rings. The van der Waals surface area contributed by atoms with E-state index in [0.29, 0.717) is 5.69 Å². The molecule has 5 nitrogen and oxygen atoms in total. The SMILES string of the molecule is C#CCOc1cc(NC(C)=O)c(Cl)cc1C(=O)OC. The Bertz CT molecular complexity index is 548. The Balaban J connectivity index is 3.24. The van der Waals surface area contributed by atoms with Gasteiger partial charge in [0.1, 0.15) is 17.9 Å². The monoisotopic (exact) mass is 281 g/mol. The van der Waals surface area contributed by atoms with Gasteiger partial charge in [-0.2, -0.15) is 0 Å². The van der Waals surface area contributed by atoms with E-state index in [-0.39, 0.29) is 28.8 Å². The minimum Gasteiger partial charge on any atom is -0.480 e. The lowest BCUT2D eigenvalue weighted by atomic mass is 10.1. The number of hydrogen-bond donors (Lipinski definition) is 1. The molecule has 1 aromatic rings. The summed E-state index contributed by atoms with van der Waals surface area (Å²) in [6.07, 6.45) is 5.10. The predicted molar refractivity (Wildman–Crippen MR) is 71.4 cm³/mol. The van der Waals surface area contributed by atoms with E-state index in [1.807, 2.05) is 0 Å². The zero-order chi connectivity index (χ0) is 14.4. The maximum Gasteiger partial charge on any atom is 0.341 e. The number of terminal acetylenes is 1. The molecule has 100 valence electrons. The van der Waals surface area contributed by atoms with E-state index in [2.05, 4.69) is 16.0 Å². The molecule has 0 bridgehead atoms. The Kier molecular flexibility index (Phi) is 5.22. The number of ether oxygens (including phenoxy) is 2. The smallest absolute Gasteiger partial charge is 0.341 e. The first-order valence-electron chi connectivity index (χ1n) is 5.25. The van der Waals surface area contributed by atoms with Crippen molar-refractivity contribution in [2.24, 2.45) is 0 Å². The van der Waals surface area contributed by atoms with Gasteiger partial charge in [0.05, 0.1) is 17.8 Å². The van der Waals surface area contributed by atoms with E-state index in [1.165, 1.54) is 26.2 Å². The van der Waals surface area contributed by atoms with Gasteiger partial charge in [0.15, 0.2) is 0 Å². The van der Waals surface area contributed by atoms with Crippen LogP contribution in [0.1, 0.15) is 17.3 Å². The molecule has 19 heavy (non-hydrogen) atoms. The van der Waals surface area contributed by atoms with Crippen LogP contribution in [-0.2, 0) is 9.53 Å². The van der Waals surface area contributed by atoms with Gasteiger partial charge in [0, 0.05) is 13.0 Å². The molecule has 6 heteroatoms. The van der Waals surface area contributed by atoms with E-state index in [0.717, 1.165) is 0 Å². The molecule has 0 unspecified atom stereocenters. The molecule has 0 aromatic heterocycles. The van der Waals surface area contributed by atoms with Crippen molar-refractivity contribution >= 4 is 29.2 Å². The van der Waals surface area contributed by atoms with Gasteiger partial charge in [-0.3, -0.25) is 4.79 Å². The molecule has 0 saturated carbocycles. The highest BCUT2D eigenvalue weighted by molar-refractivity contribution is 6.34. The van der Waals surface area contributed by atoms with Crippen LogP contribution in [0.2, 0.25) is 5.02 Å². The zero-order valence-electron chi connectivity index (χ0n) is 10.5. The van der Waals surface area contributed by atoms with Crippen molar-refractivity contribution in [2.75, 3.05) is 19.0 Å². The molecule has 1 aromatic carbocycles. The van der Waals surface area contributed by atoms with Gasteiger partial charge in [-0.15, -0.1) is 6.42 Å². The number of carbonyl (C=O) groups excluding carboxylic acids is 2. The highest BCUT2D eigenvalue weighted by Gasteiger charge is 2.17. The van der Waals surface area contributed by atoms with Crippen LogP contribution in [0.15, 0.2) is 12.1 Å². The number of halogens is 1. The van der Waals surface area contributed by atoms with E-state index in [4.69, 9.17) is 22.8 Å². The Hall–Kier alpha value is -2.19. The van der Waals surface area contributed by atoms with E-state index in [9.17, 15) is 9.59 Å². The highest BCUT2D eigenvalue weighted by Crippen LogP contribution is 2.31. The molecule has 0 fully saturated rings. The summed E-state index contributed by atoms with van der Waals surface area (Å²) in [6.45, 7) is 1.32. The molecule has 0 spiro atoms. The summed E-state index contributed by atoms with van der Waals surface area (Å²) in [4.78, 5) is 22.6. The molecule has 0 atom stereocenters. The number of nitrogens with one attached hydrogen (secondary N) is 1. The summed E-state index contributed by atoms with van der Waals surface area (Å²) < 4.78 is 9.86. The number of esters is 1. The molecule has 0 aliphatic heterocycles. The minimum atomic E-state index is -0.608. The Morgan fingerprint density at radius 2 is 2.16 bits per heavy atom. The van der Waals surface area contributed by atoms with Gasteiger partial charge in [-0.05, 0) is 6.07 Å². The van der Waals surface area contributed by atoms with Gasteiger partial charge in [-0.25, -0.2) is 4.79 Å². The Morgan fingerprint density at radius 3 is 2.68 bits per heavy atom. The van der Waals surface area contributed by atoms with Crippen molar-refractivity contribution in [3.05, 3.63) is 22.7 Å². The van der Waals surface area contributed by atoms with Crippen LogP contribution >= 0.6 is 11.6 Å². The van der Waals surface area contributed by atoms with Crippen LogP contribution < -0.4 is 10.1 Å². The zero-order valence-corrected chi connectivity index (χ0v) is 11.2. The second kappa shape index (κ2) is 6.66. The third-order valence-electron chi connectivity index (χ3n) is 2.10. The summed E-state index contributed by atoms with van der Waals surface area (Å²) in [7, 11) is 1.24. The number of amides is 1. The number of carbonyl (C=O) groups is 2. The highest BCUT2D eigenvalue weighted by atomic mass is 35.5. The fourth-order valence-electron chi connectivity index (χ4n) is 1.35. The van der Waals surface area contributed by atoms with Crippen molar-refractivity contribution in [1.29, 1.82) is 0 Å². The second-order valence-electron chi connectivity index (χ2n) is 3.49. The van der Waals surface area contributed by atoms with Crippen LogP contribution in [0.5, 0.6) is 5.75 Å². The number of hydrogen-bond acceptors (Lipinski definition) is 4. The Labute approximate surface area is 115 Å². The minimum absolute atomic E-state index is 0.0227. The molecule has 0 saturated heterocycles. The standard InChI is InChI=1S/C13H12ClNO4/c1-4-5-19-12-7-11(15-8(2)16)10(14)6-9(12)13(17)18-3/h1,6-7H,5H2,2-3H3,(H,15,16). The summed E-state index contributed by atoms with van der Waals surface area (Å²) in [5.74, 6) is 1.57. The summed E-state index contributed by atoms with van der Waals surface area (Å²) in [5, 5.41) is 2.72. The molecular formula is C13H12ClNO4. The first-order valence-corrected chi connectivity index (χ1v) is 5.63. The van der Waals surface area contributed by atoms with Crippen LogP contribution in [-0.4, -0.2) is 25.6 Å². The largest absolute Gasteiger partial charge is 0.480 e. The van der Waals surface area contributed by atoms with E-state index in [1.54, 1.807) is 0 Å². The lowest BCUT2D eigenvalue weighted by molar-refractivity contribution is -0.114. The lowest BCUT2D eigenvalue weighted by Gasteiger charge is -2.12. The van der Waals surface area contributed by atoms with Gasteiger partial charge >= 0.3 is 5.97 Å². The second-order valence-corrected chi connectivity index (χ2v) is 3.90. The number of benzene rings is 1. The molecule has 1 rings (SSSR count). The van der Waals surface area contributed by atoms with Crippen LogP contribution in [0, 0.1) is 12.3 Å². The van der Waals surface area contributed by atoms with Gasteiger partial charge in [0.25, 0.3) is 0 Å². The van der Waals surface area contributed by atoms with Crippen molar-refractivity contribution in [2.45, 2.75) is 6.92 Å². The average molecular weight is 282 g/mol. The first kappa shape index (κ1) is 14.9. The first-order chi connectivity index (χ1) is 8.99. The Morgan fingerprint density at radius 1 is 1.47 bits per heavy atom. The van der Waals surface area contributed by atoms with Crippen LogP contribution in [0.3, 0.4) is 0 Å². The van der Waals surface area contributed by atoms with E-state index < -0.39 is 5.97 Å². The average Bonchev–Trinajstić information content (AvgIpc) is 2.37. The van der Waals surface area contributed by atoms with Gasteiger partial charge < -0.3 is 14.8 Å². The maximum absolute atomic E-state index is 11.6. The lowest BCUT2D eigenvalue weighted by Crippen LogP contribution is -2.10. The summed E-state index contributed by atoms with van der Waals surface area (Å²) in [6, 6.07) is 2.78. The number of rotatable bonds is 4. The fraction of sp³-hybridized carbons (Fsp3) is 0.231. The van der Waals surface area contributed by atoms with Crippen molar-refractivity contribution in [3.63, 3.8) is 0 Å². The molecule has 1 N–H and O–H groups in total. The molecule has 0 heterocycles. The van der Waals surface area contributed by atoms with Crippen molar-refractivity contribution < 1.29 is 19.1 Å². The third kappa shape index (κ3) is 3.90. The fourth-order valence-corrected chi connectivity index (χ4v) is 1.56. The molecule has 0 radical (unpaired) electrons. The van der Waals surface area contributed by atoms with Crippen molar-refractivity contribution in [1.82, 2.24) is 0 Å². The number of methoxy groups -OCH3 is 1. The predicted octanol–water partition coefficient (Wildman–Crippen LogP) is 2.10. The maximum atomic E-state index is 11.6. The molecular weight excluding hydrogens is 270 g/mol. The quantitative estimate of drug-likeness (QED) is 0.678. The van der Waals surface area contributed by atoms with Gasteiger partial charge in [0.2, 0.25) is 5.91 Å². The van der Waals surface area contributed by atoms with Gasteiger partial charge in [-0.1, -0.05) is 17.5 Å². The topological polar surface area (TPSA) is 64.6 Å². The molecule has 1 amide bonds.